The second-order valence-corrected chi connectivity index (χ2v) is 4.49. The van der Waals surface area contributed by atoms with E-state index in [0.717, 1.165) is 5.56 Å². The van der Waals surface area contributed by atoms with Crippen molar-refractivity contribution in [3.05, 3.63) is 48.0 Å². The molecule has 112 valence electrons. The van der Waals surface area contributed by atoms with Crippen LogP contribution in [0.25, 0.3) is 0 Å². The molecule has 0 radical (unpaired) electrons. The molecule has 3 amide bonds. The highest BCUT2D eigenvalue weighted by Crippen LogP contribution is 2.03. The van der Waals surface area contributed by atoms with Gasteiger partial charge in [-0.3, -0.25) is 14.4 Å². The SMILES string of the molecule is CC(=O)NC(Cc1ccccc1)C(=O)NC/C=C/C(N)=O. The van der Waals surface area contributed by atoms with Gasteiger partial charge in [0.2, 0.25) is 17.7 Å². The molecule has 0 saturated carbocycles. The van der Waals surface area contributed by atoms with E-state index in [1.54, 1.807) is 0 Å². The van der Waals surface area contributed by atoms with Gasteiger partial charge < -0.3 is 16.4 Å². The number of carbonyl (C=O) groups excluding carboxylic acids is 3. The molecule has 6 nitrogen and oxygen atoms in total. The summed E-state index contributed by atoms with van der Waals surface area (Å²) in [5.74, 6) is -1.17. The Labute approximate surface area is 123 Å². The summed E-state index contributed by atoms with van der Waals surface area (Å²) in [7, 11) is 0. The van der Waals surface area contributed by atoms with Crippen molar-refractivity contribution in [3.8, 4) is 0 Å². The number of hydrogen-bond donors (Lipinski definition) is 3. The zero-order chi connectivity index (χ0) is 15.7. The molecule has 1 atom stereocenters. The molecule has 1 aromatic rings. The Morgan fingerprint density at radius 1 is 1.24 bits per heavy atom. The summed E-state index contributed by atoms with van der Waals surface area (Å²) in [6.45, 7) is 1.53. The Hall–Kier alpha value is -2.63. The smallest absolute Gasteiger partial charge is 0.243 e. The number of nitrogens with one attached hydrogen (secondary N) is 2. The van der Waals surface area contributed by atoms with Crippen LogP contribution in [0.4, 0.5) is 0 Å². The zero-order valence-corrected chi connectivity index (χ0v) is 11.8. The summed E-state index contributed by atoms with van der Waals surface area (Å²) in [5.41, 5.74) is 5.89. The van der Waals surface area contributed by atoms with E-state index >= 15 is 0 Å². The molecule has 0 spiro atoms. The highest BCUT2D eigenvalue weighted by atomic mass is 16.2. The lowest BCUT2D eigenvalue weighted by molar-refractivity contribution is -0.127. The normalized spacial score (nSPS) is 11.9. The van der Waals surface area contributed by atoms with Crippen molar-refractivity contribution in [1.82, 2.24) is 10.6 Å². The Morgan fingerprint density at radius 2 is 1.90 bits per heavy atom. The first-order valence-corrected chi connectivity index (χ1v) is 6.53. The molecule has 0 fully saturated rings. The number of carbonyl (C=O) groups is 3. The van der Waals surface area contributed by atoms with Crippen molar-refractivity contribution in [2.45, 2.75) is 19.4 Å². The summed E-state index contributed by atoms with van der Waals surface area (Å²) >= 11 is 0. The lowest BCUT2D eigenvalue weighted by Crippen LogP contribution is -2.47. The molecule has 6 heteroatoms. The monoisotopic (exact) mass is 289 g/mol. The van der Waals surface area contributed by atoms with E-state index in [2.05, 4.69) is 10.6 Å². The topological polar surface area (TPSA) is 101 Å². The number of nitrogens with two attached hydrogens (primary N) is 1. The summed E-state index contributed by atoms with van der Waals surface area (Å²) < 4.78 is 0. The molecule has 0 heterocycles. The van der Waals surface area contributed by atoms with E-state index in [4.69, 9.17) is 5.73 Å². The lowest BCUT2D eigenvalue weighted by atomic mass is 10.1. The van der Waals surface area contributed by atoms with E-state index in [0.29, 0.717) is 6.42 Å². The van der Waals surface area contributed by atoms with Gasteiger partial charge in [0.25, 0.3) is 0 Å². The third-order valence-corrected chi connectivity index (χ3v) is 2.65. The molecule has 0 aliphatic heterocycles. The van der Waals surface area contributed by atoms with E-state index in [1.165, 1.54) is 19.1 Å². The third-order valence-electron chi connectivity index (χ3n) is 2.65. The van der Waals surface area contributed by atoms with Crippen molar-refractivity contribution in [2.75, 3.05) is 6.54 Å². The molecule has 1 rings (SSSR count). The van der Waals surface area contributed by atoms with Gasteiger partial charge in [-0.05, 0) is 5.56 Å². The van der Waals surface area contributed by atoms with E-state index in [1.807, 2.05) is 30.3 Å². The minimum atomic E-state index is -0.660. The molecule has 1 unspecified atom stereocenters. The van der Waals surface area contributed by atoms with Gasteiger partial charge in [0.05, 0.1) is 0 Å². The van der Waals surface area contributed by atoms with Crippen LogP contribution in [-0.2, 0) is 20.8 Å². The predicted octanol–water partition coefficient (Wildman–Crippen LogP) is -0.108. The lowest BCUT2D eigenvalue weighted by Gasteiger charge is -2.17. The Morgan fingerprint density at radius 3 is 2.48 bits per heavy atom. The van der Waals surface area contributed by atoms with Gasteiger partial charge >= 0.3 is 0 Å². The number of amides is 3. The molecule has 1 aromatic carbocycles. The molecular formula is C15H19N3O3. The maximum Gasteiger partial charge on any atom is 0.243 e. The van der Waals surface area contributed by atoms with Gasteiger partial charge in [0.1, 0.15) is 6.04 Å². The molecule has 0 aliphatic carbocycles. The van der Waals surface area contributed by atoms with E-state index < -0.39 is 11.9 Å². The van der Waals surface area contributed by atoms with Crippen LogP contribution in [-0.4, -0.2) is 30.3 Å². The minimum Gasteiger partial charge on any atom is -0.366 e. The second-order valence-electron chi connectivity index (χ2n) is 4.49. The third kappa shape index (κ3) is 6.91. The van der Waals surface area contributed by atoms with Crippen molar-refractivity contribution >= 4 is 17.7 Å². The molecule has 0 aliphatic rings. The quantitative estimate of drug-likeness (QED) is 0.610. The van der Waals surface area contributed by atoms with Crippen LogP contribution in [0.15, 0.2) is 42.5 Å². The largest absolute Gasteiger partial charge is 0.366 e. The highest BCUT2D eigenvalue weighted by Gasteiger charge is 2.19. The number of rotatable bonds is 7. The van der Waals surface area contributed by atoms with Crippen LogP contribution in [0.5, 0.6) is 0 Å². The first-order chi connectivity index (χ1) is 9.99. The number of hydrogen-bond acceptors (Lipinski definition) is 3. The molecule has 0 bridgehead atoms. The summed E-state index contributed by atoms with van der Waals surface area (Å²) in [6, 6.07) is 8.73. The predicted molar refractivity (Wildman–Crippen MR) is 79.1 cm³/mol. The van der Waals surface area contributed by atoms with Crippen LogP contribution < -0.4 is 16.4 Å². The van der Waals surface area contributed by atoms with Crippen LogP contribution >= 0.6 is 0 Å². The molecular weight excluding hydrogens is 270 g/mol. The molecule has 21 heavy (non-hydrogen) atoms. The van der Waals surface area contributed by atoms with Crippen LogP contribution in [0.2, 0.25) is 0 Å². The van der Waals surface area contributed by atoms with Crippen LogP contribution in [0.3, 0.4) is 0 Å². The fourth-order valence-corrected chi connectivity index (χ4v) is 1.76. The van der Waals surface area contributed by atoms with Crippen LogP contribution in [0.1, 0.15) is 12.5 Å². The molecule has 4 N–H and O–H groups in total. The first kappa shape index (κ1) is 16.4. The van der Waals surface area contributed by atoms with Gasteiger partial charge in [0.15, 0.2) is 0 Å². The fourth-order valence-electron chi connectivity index (χ4n) is 1.76. The van der Waals surface area contributed by atoms with Crippen molar-refractivity contribution < 1.29 is 14.4 Å². The highest BCUT2D eigenvalue weighted by molar-refractivity contribution is 5.88. The minimum absolute atomic E-state index is 0.173. The van der Waals surface area contributed by atoms with Crippen molar-refractivity contribution in [1.29, 1.82) is 0 Å². The summed E-state index contributed by atoms with van der Waals surface area (Å²) in [5, 5.41) is 5.23. The first-order valence-electron chi connectivity index (χ1n) is 6.53. The summed E-state index contributed by atoms with van der Waals surface area (Å²) in [6.07, 6.45) is 3.02. The van der Waals surface area contributed by atoms with Gasteiger partial charge in [-0.15, -0.1) is 0 Å². The van der Waals surface area contributed by atoms with E-state index in [-0.39, 0.29) is 18.4 Å². The van der Waals surface area contributed by atoms with Gasteiger partial charge in [-0.1, -0.05) is 36.4 Å². The maximum atomic E-state index is 12.1. The Balaban J connectivity index is 2.62. The average Bonchev–Trinajstić information content (AvgIpc) is 2.43. The Kier molecular flexibility index (Phi) is 6.67. The standard InChI is InChI=1S/C15H19N3O3/c1-11(19)18-13(10-12-6-3-2-4-7-12)15(21)17-9-5-8-14(16)20/h2-8,13H,9-10H2,1H3,(H2,16,20)(H,17,21)(H,18,19)/b8-5+. The average molecular weight is 289 g/mol. The second kappa shape index (κ2) is 8.52. The summed E-state index contributed by atoms with van der Waals surface area (Å²) in [4.78, 5) is 33.8. The fraction of sp³-hybridized carbons (Fsp3) is 0.267. The zero-order valence-electron chi connectivity index (χ0n) is 11.8. The van der Waals surface area contributed by atoms with Crippen molar-refractivity contribution in [2.24, 2.45) is 5.73 Å². The molecule has 0 aromatic heterocycles. The maximum absolute atomic E-state index is 12.1. The number of benzene rings is 1. The van der Waals surface area contributed by atoms with Gasteiger partial charge in [0, 0.05) is 26.0 Å². The van der Waals surface area contributed by atoms with Crippen molar-refractivity contribution in [3.63, 3.8) is 0 Å². The van der Waals surface area contributed by atoms with E-state index in [9.17, 15) is 14.4 Å². The van der Waals surface area contributed by atoms with Gasteiger partial charge in [-0.2, -0.15) is 0 Å². The number of primary amides is 1. The Bertz CT molecular complexity index is 526. The molecule has 0 saturated heterocycles. The van der Waals surface area contributed by atoms with Gasteiger partial charge in [-0.25, -0.2) is 0 Å². The van der Waals surface area contributed by atoms with Crippen LogP contribution in [0, 0.1) is 0 Å².